The molecule has 0 saturated carbocycles. The van der Waals surface area contributed by atoms with Crippen LogP contribution in [0.4, 0.5) is 13.2 Å². The predicted molar refractivity (Wildman–Crippen MR) is 59.0 cm³/mol. The number of hydrogen-bond acceptors (Lipinski definition) is 0. The van der Waals surface area contributed by atoms with Crippen molar-refractivity contribution in [2.45, 2.75) is 0 Å². The van der Waals surface area contributed by atoms with Gasteiger partial charge in [-0.05, 0) is 22.9 Å². The average molecular weight is 230 g/mol. The molecule has 0 amide bonds. The second kappa shape index (κ2) is 3.48. The molecule has 0 fully saturated rings. The van der Waals surface area contributed by atoms with Crippen molar-refractivity contribution >= 4 is 21.5 Å². The van der Waals surface area contributed by atoms with Crippen LogP contribution in [0.3, 0.4) is 0 Å². The SMILES string of the molecule is Fc1c(F)c2c(F)[c]ccc2c2cc[c]cc12. The van der Waals surface area contributed by atoms with Gasteiger partial charge in [0.15, 0.2) is 11.6 Å². The Morgan fingerprint density at radius 1 is 0.824 bits per heavy atom. The van der Waals surface area contributed by atoms with Crippen LogP contribution in [0, 0.1) is 29.6 Å². The third-order valence-electron chi connectivity index (χ3n) is 2.75. The van der Waals surface area contributed by atoms with Gasteiger partial charge >= 0.3 is 0 Å². The Balaban J connectivity index is 2.70. The van der Waals surface area contributed by atoms with E-state index in [1.54, 1.807) is 12.1 Å². The van der Waals surface area contributed by atoms with Gasteiger partial charge in [-0.1, -0.05) is 24.3 Å². The van der Waals surface area contributed by atoms with E-state index < -0.39 is 17.5 Å². The summed E-state index contributed by atoms with van der Waals surface area (Å²) in [5.41, 5.74) is 0. The Morgan fingerprint density at radius 3 is 2.41 bits per heavy atom. The van der Waals surface area contributed by atoms with E-state index in [1.165, 1.54) is 18.2 Å². The third-order valence-corrected chi connectivity index (χ3v) is 2.75. The fourth-order valence-electron chi connectivity index (χ4n) is 1.99. The molecule has 0 saturated heterocycles. The lowest BCUT2D eigenvalue weighted by Crippen LogP contribution is -1.93. The van der Waals surface area contributed by atoms with Crippen LogP contribution in [0.25, 0.3) is 21.5 Å². The zero-order valence-electron chi connectivity index (χ0n) is 8.52. The lowest BCUT2D eigenvalue weighted by molar-refractivity contribution is 0.519. The first-order chi connectivity index (χ1) is 8.20. The molecule has 0 aliphatic rings. The van der Waals surface area contributed by atoms with Crippen LogP contribution in [0.2, 0.25) is 0 Å². The molecule has 3 aromatic carbocycles. The predicted octanol–water partition coefficient (Wildman–Crippen LogP) is 4.01. The maximum Gasteiger partial charge on any atom is 0.170 e. The van der Waals surface area contributed by atoms with Crippen molar-refractivity contribution in [3.8, 4) is 0 Å². The van der Waals surface area contributed by atoms with E-state index in [4.69, 9.17) is 0 Å². The van der Waals surface area contributed by atoms with E-state index in [0.717, 1.165) is 0 Å². The second-order valence-electron chi connectivity index (χ2n) is 3.68. The first kappa shape index (κ1) is 10.1. The Hall–Kier alpha value is -2.03. The van der Waals surface area contributed by atoms with E-state index in [9.17, 15) is 13.2 Å². The van der Waals surface area contributed by atoms with Crippen molar-refractivity contribution in [2.24, 2.45) is 0 Å². The minimum absolute atomic E-state index is 0.100. The average Bonchev–Trinajstić information content (AvgIpc) is 2.36. The third kappa shape index (κ3) is 1.32. The van der Waals surface area contributed by atoms with Crippen molar-refractivity contribution in [2.75, 3.05) is 0 Å². The Kier molecular flexibility index (Phi) is 2.08. The van der Waals surface area contributed by atoms with E-state index in [0.29, 0.717) is 10.8 Å². The highest BCUT2D eigenvalue weighted by atomic mass is 19.2. The molecular weight excluding hydrogens is 225 g/mol. The summed E-state index contributed by atoms with van der Waals surface area (Å²) >= 11 is 0. The van der Waals surface area contributed by atoms with Crippen LogP contribution in [-0.2, 0) is 0 Å². The van der Waals surface area contributed by atoms with Crippen molar-refractivity contribution in [3.05, 3.63) is 59.9 Å². The van der Waals surface area contributed by atoms with Crippen LogP contribution >= 0.6 is 0 Å². The first-order valence-electron chi connectivity index (χ1n) is 4.97. The van der Waals surface area contributed by atoms with Crippen molar-refractivity contribution in [1.29, 1.82) is 0 Å². The topological polar surface area (TPSA) is 0 Å². The first-order valence-corrected chi connectivity index (χ1v) is 4.97. The molecule has 82 valence electrons. The molecule has 0 unspecified atom stereocenters. The highest BCUT2D eigenvalue weighted by Gasteiger charge is 2.16. The second-order valence-corrected chi connectivity index (χ2v) is 3.68. The van der Waals surface area contributed by atoms with Crippen molar-refractivity contribution in [3.63, 3.8) is 0 Å². The summed E-state index contributed by atoms with van der Waals surface area (Å²) in [6, 6.07) is 12.3. The molecule has 3 aromatic rings. The smallest absolute Gasteiger partial charge is 0.170 e. The van der Waals surface area contributed by atoms with Crippen LogP contribution in [0.15, 0.2) is 30.3 Å². The van der Waals surface area contributed by atoms with Gasteiger partial charge in [0, 0.05) is 11.5 Å². The molecule has 0 heterocycles. The Bertz CT molecular complexity index is 732. The molecule has 3 heteroatoms. The quantitative estimate of drug-likeness (QED) is 0.512. The largest absolute Gasteiger partial charge is 0.206 e. The van der Waals surface area contributed by atoms with Crippen LogP contribution in [0.1, 0.15) is 0 Å². The fourth-order valence-corrected chi connectivity index (χ4v) is 1.99. The number of benzene rings is 3. The zero-order valence-corrected chi connectivity index (χ0v) is 8.52. The lowest BCUT2D eigenvalue weighted by Gasteiger charge is -2.07. The van der Waals surface area contributed by atoms with Gasteiger partial charge in [0.05, 0.1) is 5.39 Å². The van der Waals surface area contributed by atoms with Crippen LogP contribution < -0.4 is 0 Å². The minimum atomic E-state index is -1.18. The highest BCUT2D eigenvalue weighted by molar-refractivity contribution is 6.08. The highest BCUT2D eigenvalue weighted by Crippen LogP contribution is 2.31. The zero-order chi connectivity index (χ0) is 12.0. The maximum absolute atomic E-state index is 13.7. The van der Waals surface area contributed by atoms with E-state index >= 15 is 0 Å². The monoisotopic (exact) mass is 230 g/mol. The Labute approximate surface area is 95.3 Å². The summed E-state index contributed by atoms with van der Waals surface area (Å²) in [5, 5.41) is 0.543. The molecule has 3 rings (SSSR count). The summed E-state index contributed by atoms with van der Waals surface area (Å²) in [4.78, 5) is 0. The maximum atomic E-state index is 13.7. The number of halogens is 3. The van der Waals surface area contributed by atoms with Gasteiger partial charge < -0.3 is 0 Å². The molecule has 0 aliphatic heterocycles. The summed E-state index contributed by atoms with van der Waals surface area (Å²) in [6.45, 7) is 0. The number of hydrogen-bond donors (Lipinski definition) is 0. The summed E-state index contributed by atoms with van der Waals surface area (Å²) in [5.74, 6) is -3.11. The van der Waals surface area contributed by atoms with Gasteiger partial charge in [0.2, 0.25) is 0 Å². The molecule has 17 heavy (non-hydrogen) atoms. The van der Waals surface area contributed by atoms with Crippen LogP contribution in [-0.4, -0.2) is 0 Å². The molecule has 2 radical (unpaired) electrons. The van der Waals surface area contributed by atoms with Gasteiger partial charge in [-0.3, -0.25) is 0 Å². The summed E-state index contributed by atoms with van der Waals surface area (Å²) < 4.78 is 41.0. The van der Waals surface area contributed by atoms with Gasteiger partial charge in [-0.25, -0.2) is 13.2 Å². The molecule has 0 N–H and O–H groups in total. The molecule has 0 aliphatic carbocycles. The van der Waals surface area contributed by atoms with Crippen molar-refractivity contribution < 1.29 is 13.2 Å². The number of rotatable bonds is 0. The van der Waals surface area contributed by atoms with Gasteiger partial charge in [-0.2, -0.15) is 0 Å². The fraction of sp³-hybridized carbons (Fsp3) is 0. The molecule has 0 bridgehead atoms. The molecule has 0 nitrogen and oxygen atoms in total. The van der Waals surface area contributed by atoms with Crippen molar-refractivity contribution in [1.82, 2.24) is 0 Å². The molecule has 0 atom stereocenters. The van der Waals surface area contributed by atoms with E-state index in [-0.39, 0.29) is 10.8 Å². The van der Waals surface area contributed by atoms with Gasteiger partial charge in [0.25, 0.3) is 0 Å². The Morgan fingerprint density at radius 2 is 1.59 bits per heavy atom. The summed E-state index contributed by atoms with van der Waals surface area (Å²) in [6.07, 6.45) is 0. The minimum Gasteiger partial charge on any atom is -0.206 e. The lowest BCUT2D eigenvalue weighted by atomic mass is 10.0. The number of fused-ring (bicyclic) bond motifs is 3. The summed E-state index contributed by atoms with van der Waals surface area (Å²) in [7, 11) is 0. The molecule has 0 aromatic heterocycles. The van der Waals surface area contributed by atoms with E-state index in [1.807, 2.05) is 0 Å². The van der Waals surface area contributed by atoms with Gasteiger partial charge in [0.1, 0.15) is 5.82 Å². The standard InChI is InChI=1S/C14H5F3/c15-11-7-3-6-9-8-4-1-2-5-10(8)13(16)14(17)12(9)11/h1,3-6H. The molecular formula is C14H5F3. The van der Waals surface area contributed by atoms with E-state index in [2.05, 4.69) is 12.1 Å². The van der Waals surface area contributed by atoms with Crippen LogP contribution in [0.5, 0.6) is 0 Å². The van der Waals surface area contributed by atoms with Gasteiger partial charge in [-0.15, -0.1) is 0 Å². The molecule has 0 spiro atoms. The normalized spacial score (nSPS) is 11.2.